The number of carbonyl (C=O) groups excluding carboxylic acids is 1. The second-order valence-electron chi connectivity index (χ2n) is 8.56. The van der Waals surface area contributed by atoms with Crippen LogP contribution < -0.4 is 19.5 Å². The fourth-order valence-corrected chi connectivity index (χ4v) is 5.35. The number of ether oxygens (including phenoxy) is 3. The Labute approximate surface area is 187 Å². The molecule has 1 aliphatic carbocycles. The summed E-state index contributed by atoms with van der Waals surface area (Å²) in [6.45, 7) is 1.50. The molecule has 2 aromatic carbocycles. The van der Waals surface area contributed by atoms with Crippen LogP contribution in [0, 0.1) is 0 Å². The van der Waals surface area contributed by atoms with Crippen molar-refractivity contribution in [2.75, 3.05) is 26.6 Å². The molecule has 8 nitrogen and oxygen atoms in total. The molecule has 170 valence electrons. The van der Waals surface area contributed by atoms with Crippen molar-refractivity contribution < 1.29 is 27.4 Å². The van der Waals surface area contributed by atoms with Crippen molar-refractivity contribution in [2.24, 2.45) is 0 Å². The van der Waals surface area contributed by atoms with Crippen molar-refractivity contribution in [3.8, 4) is 11.5 Å². The van der Waals surface area contributed by atoms with Gasteiger partial charge in [-0.1, -0.05) is 12.1 Å². The Balaban J connectivity index is 1.36. The van der Waals surface area contributed by atoms with Gasteiger partial charge < -0.3 is 19.5 Å². The van der Waals surface area contributed by atoms with Gasteiger partial charge in [-0.15, -0.1) is 0 Å². The van der Waals surface area contributed by atoms with Crippen LogP contribution in [0.5, 0.6) is 11.5 Å². The molecule has 0 spiro atoms. The van der Waals surface area contributed by atoms with Crippen molar-refractivity contribution in [3.05, 3.63) is 53.6 Å². The Kier molecular flexibility index (Phi) is 5.56. The number of sulfonamides is 1. The van der Waals surface area contributed by atoms with Gasteiger partial charge in [-0.2, -0.15) is 0 Å². The van der Waals surface area contributed by atoms with E-state index in [0.29, 0.717) is 43.1 Å². The zero-order chi connectivity index (χ0) is 22.2. The first-order valence-corrected chi connectivity index (χ1v) is 12.3. The summed E-state index contributed by atoms with van der Waals surface area (Å²) in [5, 5.41) is 2.89. The molecule has 0 aromatic heterocycles. The predicted octanol–water partition coefficient (Wildman–Crippen LogP) is 2.33. The van der Waals surface area contributed by atoms with Crippen LogP contribution >= 0.6 is 0 Å². The molecule has 3 aliphatic rings. The lowest BCUT2D eigenvalue weighted by molar-refractivity contribution is 0.0516. The van der Waals surface area contributed by atoms with E-state index in [1.807, 2.05) is 18.2 Å². The summed E-state index contributed by atoms with van der Waals surface area (Å²) in [7, 11) is -3.81. The van der Waals surface area contributed by atoms with Gasteiger partial charge in [0.15, 0.2) is 11.5 Å². The minimum Gasteiger partial charge on any atom is -0.454 e. The zero-order valence-electron chi connectivity index (χ0n) is 17.6. The third kappa shape index (κ3) is 4.32. The van der Waals surface area contributed by atoms with E-state index in [-0.39, 0.29) is 30.2 Å². The summed E-state index contributed by atoms with van der Waals surface area (Å²) < 4.78 is 45.5. The normalized spacial score (nSPS) is 19.5. The highest BCUT2D eigenvalue weighted by atomic mass is 32.2. The molecule has 2 heterocycles. The third-order valence-corrected chi connectivity index (χ3v) is 7.75. The second kappa shape index (κ2) is 8.38. The van der Waals surface area contributed by atoms with Gasteiger partial charge in [-0.3, -0.25) is 4.79 Å². The van der Waals surface area contributed by atoms with Crippen molar-refractivity contribution in [3.63, 3.8) is 0 Å². The highest BCUT2D eigenvalue weighted by molar-refractivity contribution is 7.89. The maximum absolute atomic E-state index is 13.1. The largest absolute Gasteiger partial charge is 0.454 e. The summed E-state index contributed by atoms with van der Waals surface area (Å²) in [5.74, 6) is 1.12. The highest BCUT2D eigenvalue weighted by Crippen LogP contribution is 2.40. The molecule has 5 rings (SSSR count). The van der Waals surface area contributed by atoms with E-state index in [9.17, 15) is 13.2 Å². The number of fused-ring (bicyclic) bond motifs is 1. The molecule has 2 aliphatic heterocycles. The molecule has 0 bridgehead atoms. The molecule has 9 heteroatoms. The fourth-order valence-electron chi connectivity index (χ4n) is 4.17. The Morgan fingerprint density at radius 1 is 1.03 bits per heavy atom. The van der Waals surface area contributed by atoms with Crippen LogP contribution in [0.4, 0.5) is 0 Å². The van der Waals surface area contributed by atoms with Crippen molar-refractivity contribution in [1.82, 2.24) is 10.0 Å². The summed E-state index contributed by atoms with van der Waals surface area (Å²) in [5.41, 5.74) is 0.911. The van der Waals surface area contributed by atoms with Gasteiger partial charge in [0.1, 0.15) is 0 Å². The minimum atomic E-state index is -3.81. The minimum absolute atomic E-state index is 0.0776. The molecule has 32 heavy (non-hydrogen) atoms. The fraction of sp³-hybridized carbons (Fsp3) is 0.435. The molecule has 2 N–H and O–H groups in total. The molecule has 1 amide bonds. The van der Waals surface area contributed by atoms with Crippen LogP contribution in [-0.4, -0.2) is 46.9 Å². The predicted molar refractivity (Wildman–Crippen MR) is 116 cm³/mol. The van der Waals surface area contributed by atoms with Gasteiger partial charge in [-0.05, 0) is 61.6 Å². The topological polar surface area (TPSA) is 103 Å². The van der Waals surface area contributed by atoms with E-state index < -0.39 is 15.4 Å². The van der Waals surface area contributed by atoms with Crippen LogP contribution in [0.15, 0.2) is 47.4 Å². The number of nitrogens with one attached hydrogen (secondary N) is 2. The number of hydrogen-bond donors (Lipinski definition) is 2. The second-order valence-corrected chi connectivity index (χ2v) is 10.3. The van der Waals surface area contributed by atoms with E-state index in [1.165, 1.54) is 12.1 Å². The Hall–Kier alpha value is -2.62. The Morgan fingerprint density at radius 3 is 2.59 bits per heavy atom. The van der Waals surface area contributed by atoms with Crippen LogP contribution in [0.25, 0.3) is 0 Å². The highest BCUT2D eigenvalue weighted by Gasteiger charge is 2.37. The smallest absolute Gasteiger partial charge is 0.251 e. The zero-order valence-corrected chi connectivity index (χ0v) is 18.4. The molecule has 0 unspecified atom stereocenters. The average molecular weight is 459 g/mol. The maximum Gasteiger partial charge on any atom is 0.251 e. The number of carbonyl (C=O) groups is 1. The first-order valence-electron chi connectivity index (χ1n) is 10.8. The van der Waals surface area contributed by atoms with Gasteiger partial charge in [-0.25, -0.2) is 13.1 Å². The maximum atomic E-state index is 13.1. The van der Waals surface area contributed by atoms with Gasteiger partial charge in [0.05, 0.1) is 4.90 Å². The summed E-state index contributed by atoms with van der Waals surface area (Å²) in [4.78, 5) is 12.4. The molecular weight excluding hydrogens is 432 g/mol. The van der Waals surface area contributed by atoms with Crippen molar-refractivity contribution >= 4 is 15.9 Å². The Bertz CT molecular complexity index is 1120. The molecule has 0 atom stereocenters. The van der Waals surface area contributed by atoms with E-state index in [4.69, 9.17) is 14.2 Å². The summed E-state index contributed by atoms with van der Waals surface area (Å²) in [6.07, 6.45) is 3.30. The monoisotopic (exact) mass is 458 g/mol. The van der Waals surface area contributed by atoms with Crippen LogP contribution in [0.3, 0.4) is 0 Å². The first-order chi connectivity index (χ1) is 15.5. The molecule has 2 aromatic rings. The van der Waals surface area contributed by atoms with Crippen LogP contribution in [0.2, 0.25) is 0 Å². The Morgan fingerprint density at radius 2 is 1.81 bits per heavy atom. The SMILES string of the molecule is O=C(NC1CC1)c1cccc(S(=O)(=O)NCC2(c3ccc4c(c3)OCO4)CCOCC2)c1. The number of benzene rings is 2. The molecule has 0 radical (unpaired) electrons. The first kappa shape index (κ1) is 21.2. The van der Waals surface area contributed by atoms with E-state index in [2.05, 4.69) is 10.0 Å². The van der Waals surface area contributed by atoms with Crippen molar-refractivity contribution in [1.29, 1.82) is 0 Å². The quantitative estimate of drug-likeness (QED) is 0.660. The van der Waals surface area contributed by atoms with E-state index >= 15 is 0 Å². The lowest BCUT2D eigenvalue weighted by Gasteiger charge is -2.38. The lowest BCUT2D eigenvalue weighted by atomic mass is 9.74. The van der Waals surface area contributed by atoms with E-state index in [0.717, 1.165) is 18.4 Å². The standard InChI is InChI=1S/C23H26N2O6S/c26-22(25-18-5-6-18)16-2-1-3-19(12-16)32(27,28)24-14-23(8-10-29-11-9-23)17-4-7-20-21(13-17)31-15-30-20/h1-4,7,12-13,18,24H,5-6,8-11,14-15H2,(H,25,26). The van der Waals surface area contributed by atoms with Gasteiger partial charge in [0, 0.05) is 36.8 Å². The van der Waals surface area contributed by atoms with Crippen LogP contribution in [0.1, 0.15) is 41.6 Å². The molecular formula is C23H26N2O6S. The third-order valence-electron chi connectivity index (χ3n) is 6.35. The van der Waals surface area contributed by atoms with Gasteiger partial charge in [0.25, 0.3) is 5.91 Å². The average Bonchev–Trinajstić information content (AvgIpc) is 3.50. The van der Waals surface area contributed by atoms with Crippen molar-refractivity contribution in [2.45, 2.75) is 42.0 Å². The number of hydrogen-bond acceptors (Lipinski definition) is 6. The lowest BCUT2D eigenvalue weighted by Crippen LogP contribution is -2.44. The molecule has 1 saturated heterocycles. The summed E-state index contributed by atoms with van der Waals surface area (Å²) >= 11 is 0. The van der Waals surface area contributed by atoms with Crippen LogP contribution in [-0.2, 0) is 20.2 Å². The van der Waals surface area contributed by atoms with Gasteiger partial charge >= 0.3 is 0 Å². The van der Waals surface area contributed by atoms with E-state index in [1.54, 1.807) is 12.1 Å². The summed E-state index contributed by atoms with van der Waals surface area (Å²) in [6, 6.07) is 12.1. The number of rotatable bonds is 7. The number of amides is 1. The van der Waals surface area contributed by atoms with Gasteiger partial charge in [0.2, 0.25) is 16.8 Å². The molecule has 2 fully saturated rings. The molecule has 1 saturated carbocycles.